The first-order chi connectivity index (χ1) is 13.2. The number of rotatable bonds is 9. The van der Waals surface area contributed by atoms with Crippen molar-refractivity contribution in [2.24, 2.45) is 10.4 Å². The molecular weight excluding hydrogens is 336 g/mol. The minimum absolute atomic E-state index is 0.382. The number of nitrogens with one attached hydrogen (secondary N) is 2. The van der Waals surface area contributed by atoms with Gasteiger partial charge >= 0.3 is 0 Å². The van der Waals surface area contributed by atoms with Gasteiger partial charge in [0, 0.05) is 45.9 Å². The molecule has 1 aliphatic carbocycles. The molecule has 1 aromatic carbocycles. The van der Waals surface area contributed by atoms with E-state index in [2.05, 4.69) is 52.8 Å². The van der Waals surface area contributed by atoms with Crippen LogP contribution < -0.4 is 10.6 Å². The number of hydrogen-bond donors (Lipinski definition) is 2. The zero-order valence-corrected chi connectivity index (χ0v) is 17.0. The Labute approximate surface area is 164 Å². The topological polar surface area (TPSA) is 48.9 Å². The molecule has 2 fully saturated rings. The molecule has 5 heteroatoms. The van der Waals surface area contributed by atoms with Crippen LogP contribution in [0.25, 0.3) is 0 Å². The Balaban J connectivity index is 1.48. The Morgan fingerprint density at radius 2 is 1.96 bits per heavy atom. The van der Waals surface area contributed by atoms with Gasteiger partial charge in [0.2, 0.25) is 0 Å². The summed E-state index contributed by atoms with van der Waals surface area (Å²) in [5, 5.41) is 7.12. The first kappa shape index (κ1) is 20.2. The lowest BCUT2D eigenvalue weighted by molar-refractivity contribution is 0.128. The third kappa shape index (κ3) is 6.51. The Morgan fingerprint density at radius 3 is 2.59 bits per heavy atom. The van der Waals surface area contributed by atoms with E-state index in [0.717, 1.165) is 51.7 Å². The van der Waals surface area contributed by atoms with Crippen molar-refractivity contribution in [3.8, 4) is 0 Å². The van der Waals surface area contributed by atoms with E-state index in [1.54, 1.807) is 7.11 Å². The molecule has 3 rings (SSSR count). The first-order valence-corrected chi connectivity index (χ1v) is 10.5. The van der Waals surface area contributed by atoms with Crippen LogP contribution in [0.2, 0.25) is 0 Å². The van der Waals surface area contributed by atoms with Crippen LogP contribution in [0.1, 0.15) is 38.2 Å². The Bertz CT molecular complexity index is 577. The van der Waals surface area contributed by atoms with Crippen LogP contribution >= 0.6 is 0 Å². The summed E-state index contributed by atoms with van der Waals surface area (Å²) in [5.41, 5.74) is 1.82. The van der Waals surface area contributed by atoms with Gasteiger partial charge in [-0.3, -0.25) is 4.99 Å². The van der Waals surface area contributed by atoms with Gasteiger partial charge in [-0.2, -0.15) is 0 Å². The predicted molar refractivity (Wildman–Crippen MR) is 112 cm³/mol. The number of benzene rings is 1. The lowest BCUT2D eigenvalue weighted by Crippen LogP contribution is -2.49. The molecule has 1 aromatic rings. The van der Waals surface area contributed by atoms with E-state index in [0.29, 0.717) is 11.5 Å². The third-order valence-electron chi connectivity index (χ3n) is 5.84. The second kappa shape index (κ2) is 10.1. The Kier molecular flexibility index (Phi) is 7.53. The van der Waals surface area contributed by atoms with E-state index < -0.39 is 0 Å². The zero-order chi connectivity index (χ0) is 19.0. The molecule has 150 valence electrons. The zero-order valence-electron chi connectivity index (χ0n) is 17.0. The fourth-order valence-electron chi connectivity index (χ4n) is 3.88. The third-order valence-corrected chi connectivity index (χ3v) is 5.84. The molecule has 0 spiro atoms. The lowest BCUT2D eigenvalue weighted by atomic mass is 9.97. The highest BCUT2D eigenvalue weighted by Gasteiger charge is 2.42. The highest BCUT2D eigenvalue weighted by atomic mass is 16.5. The maximum Gasteiger partial charge on any atom is 0.191 e. The summed E-state index contributed by atoms with van der Waals surface area (Å²) in [5.74, 6) is 0.993. The fourth-order valence-corrected chi connectivity index (χ4v) is 3.88. The van der Waals surface area contributed by atoms with Crippen LogP contribution in [-0.2, 0) is 11.2 Å². The smallest absolute Gasteiger partial charge is 0.191 e. The summed E-state index contributed by atoms with van der Waals surface area (Å²) in [4.78, 5) is 7.46. The van der Waals surface area contributed by atoms with Crippen molar-refractivity contribution in [1.29, 1.82) is 0 Å². The van der Waals surface area contributed by atoms with Crippen molar-refractivity contribution in [2.75, 3.05) is 46.4 Å². The number of piperidine rings is 1. The number of ether oxygens (including phenoxy) is 1. The van der Waals surface area contributed by atoms with Crippen LogP contribution in [-0.4, -0.2) is 63.3 Å². The molecule has 1 saturated carbocycles. The van der Waals surface area contributed by atoms with Gasteiger partial charge in [-0.25, -0.2) is 0 Å². The highest BCUT2D eigenvalue weighted by molar-refractivity contribution is 5.80. The molecule has 0 aromatic heterocycles. The summed E-state index contributed by atoms with van der Waals surface area (Å²) in [6, 6.07) is 11.4. The average Bonchev–Trinajstić information content (AvgIpc) is 3.46. The second-order valence-electron chi connectivity index (χ2n) is 8.11. The number of methoxy groups -OCH3 is 1. The number of aliphatic imine (C=N–C) groups is 1. The number of likely N-dealkylation sites (tertiary alicyclic amines) is 1. The summed E-state index contributed by atoms with van der Waals surface area (Å²) < 4.78 is 5.19. The van der Waals surface area contributed by atoms with Crippen molar-refractivity contribution >= 4 is 5.96 Å². The SMILES string of the molecule is CCNC(=NCC1(Cc2ccccc2)CC1)NC1CCN(CCOC)CC1. The predicted octanol–water partition coefficient (Wildman–Crippen LogP) is 2.68. The number of guanidine groups is 1. The van der Waals surface area contributed by atoms with Crippen LogP contribution in [0.15, 0.2) is 35.3 Å². The van der Waals surface area contributed by atoms with Gasteiger partial charge in [-0.1, -0.05) is 30.3 Å². The molecule has 0 atom stereocenters. The van der Waals surface area contributed by atoms with Gasteiger partial charge in [0.1, 0.15) is 0 Å². The Morgan fingerprint density at radius 1 is 1.22 bits per heavy atom. The summed E-state index contributed by atoms with van der Waals surface area (Å²) in [6.45, 7) is 8.11. The molecule has 1 aliphatic heterocycles. The highest BCUT2D eigenvalue weighted by Crippen LogP contribution is 2.48. The van der Waals surface area contributed by atoms with Crippen molar-refractivity contribution in [3.63, 3.8) is 0 Å². The van der Waals surface area contributed by atoms with E-state index in [4.69, 9.17) is 9.73 Å². The first-order valence-electron chi connectivity index (χ1n) is 10.5. The van der Waals surface area contributed by atoms with E-state index >= 15 is 0 Å². The average molecular weight is 373 g/mol. The second-order valence-corrected chi connectivity index (χ2v) is 8.11. The van der Waals surface area contributed by atoms with E-state index in [1.807, 2.05) is 0 Å². The van der Waals surface area contributed by atoms with Crippen LogP contribution in [0.4, 0.5) is 0 Å². The van der Waals surface area contributed by atoms with Crippen molar-refractivity contribution in [1.82, 2.24) is 15.5 Å². The molecule has 1 saturated heterocycles. The van der Waals surface area contributed by atoms with Crippen molar-refractivity contribution < 1.29 is 4.74 Å². The van der Waals surface area contributed by atoms with Crippen LogP contribution in [0.5, 0.6) is 0 Å². The summed E-state index contributed by atoms with van der Waals surface area (Å²) in [7, 11) is 1.78. The number of nitrogens with zero attached hydrogens (tertiary/aromatic N) is 2. The molecule has 2 aliphatic rings. The van der Waals surface area contributed by atoms with Gasteiger partial charge in [0.25, 0.3) is 0 Å². The summed E-state index contributed by atoms with van der Waals surface area (Å²) >= 11 is 0. The molecular formula is C22H36N4O. The van der Waals surface area contributed by atoms with E-state index in [1.165, 1.54) is 31.2 Å². The molecule has 0 bridgehead atoms. The largest absolute Gasteiger partial charge is 0.383 e. The maximum absolute atomic E-state index is 5.19. The molecule has 27 heavy (non-hydrogen) atoms. The lowest BCUT2D eigenvalue weighted by Gasteiger charge is -2.33. The van der Waals surface area contributed by atoms with Gasteiger partial charge in [-0.05, 0) is 50.0 Å². The Hall–Kier alpha value is -1.59. The molecule has 0 amide bonds. The quantitative estimate of drug-likeness (QED) is 0.517. The van der Waals surface area contributed by atoms with Crippen molar-refractivity contribution in [2.45, 2.75) is 45.1 Å². The molecule has 1 heterocycles. The standard InChI is InChI=1S/C22H36N4O/c1-3-23-21(25-20-9-13-26(14-10-20)15-16-27-2)24-18-22(11-12-22)17-19-7-5-4-6-8-19/h4-8,20H,3,9-18H2,1-2H3,(H2,23,24,25). The van der Waals surface area contributed by atoms with Crippen LogP contribution in [0, 0.1) is 5.41 Å². The van der Waals surface area contributed by atoms with Gasteiger partial charge in [0.15, 0.2) is 5.96 Å². The van der Waals surface area contributed by atoms with E-state index in [-0.39, 0.29) is 0 Å². The molecule has 2 N–H and O–H groups in total. The van der Waals surface area contributed by atoms with Crippen LogP contribution in [0.3, 0.4) is 0 Å². The fraction of sp³-hybridized carbons (Fsp3) is 0.682. The van der Waals surface area contributed by atoms with E-state index in [9.17, 15) is 0 Å². The van der Waals surface area contributed by atoms with Gasteiger partial charge in [-0.15, -0.1) is 0 Å². The molecule has 5 nitrogen and oxygen atoms in total. The normalized spacial score (nSPS) is 20.4. The van der Waals surface area contributed by atoms with Crippen molar-refractivity contribution in [3.05, 3.63) is 35.9 Å². The molecule has 0 radical (unpaired) electrons. The number of hydrogen-bond acceptors (Lipinski definition) is 3. The van der Waals surface area contributed by atoms with Gasteiger partial charge in [0.05, 0.1) is 6.61 Å². The maximum atomic E-state index is 5.19. The molecule has 0 unspecified atom stereocenters. The minimum atomic E-state index is 0.382. The monoisotopic (exact) mass is 372 g/mol. The van der Waals surface area contributed by atoms with Gasteiger partial charge < -0.3 is 20.3 Å². The summed E-state index contributed by atoms with van der Waals surface area (Å²) in [6.07, 6.45) is 6.08. The minimum Gasteiger partial charge on any atom is -0.383 e.